The molecule has 152 valence electrons. The van der Waals surface area contributed by atoms with E-state index in [1.165, 1.54) is 25.7 Å². The molecule has 0 aliphatic heterocycles. The zero-order chi connectivity index (χ0) is 19.9. The van der Waals surface area contributed by atoms with Crippen molar-refractivity contribution in [1.29, 1.82) is 0 Å². The van der Waals surface area contributed by atoms with Crippen molar-refractivity contribution in [1.82, 2.24) is 10.6 Å². The van der Waals surface area contributed by atoms with Crippen LogP contribution < -0.4 is 21.3 Å². The second kappa shape index (κ2) is 14.2. The van der Waals surface area contributed by atoms with Gasteiger partial charge in [-0.05, 0) is 31.0 Å². The topological polar surface area (TPSA) is 82.3 Å². The van der Waals surface area contributed by atoms with E-state index < -0.39 is 0 Å². The molecule has 1 aromatic rings. The number of hydrogen-bond donors (Lipinski definition) is 4. The fourth-order valence-corrected chi connectivity index (χ4v) is 2.77. The molecule has 0 aliphatic rings. The van der Waals surface area contributed by atoms with Crippen LogP contribution in [0.2, 0.25) is 5.02 Å². The Balaban J connectivity index is 2.35. The van der Waals surface area contributed by atoms with E-state index in [9.17, 15) is 9.59 Å². The lowest BCUT2D eigenvalue weighted by molar-refractivity contribution is 0.251. The molecule has 0 heterocycles. The summed E-state index contributed by atoms with van der Waals surface area (Å²) in [5, 5.41) is 11.5. The molecule has 1 aromatic carbocycles. The van der Waals surface area contributed by atoms with E-state index in [-0.39, 0.29) is 12.1 Å². The highest BCUT2D eigenvalue weighted by Gasteiger charge is 2.08. The van der Waals surface area contributed by atoms with Gasteiger partial charge in [-0.15, -0.1) is 0 Å². The molecular formula is C20H33ClN4O2. The van der Waals surface area contributed by atoms with E-state index in [4.69, 9.17) is 11.6 Å². The maximum absolute atomic E-state index is 11.9. The van der Waals surface area contributed by atoms with Gasteiger partial charge in [0.1, 0.15) is 0 Å². The third kappa shape index (κ3) is 10.7. The van der Waals surface area contributed by atoms with Gasteiger partial charge in [-0.2, -0.15) is 0 Å². The first-order valence-corrected chi connectivity index (χ1v) is 10.3. The lowest BCUT2D eigenvalue weighted by Crippen LogP contribution is -2.30. The first-order valence-electron chi connectivity index (χ1n) is 9.96. The summed E-state index contributed by atoms with van der Waals surface area (Å²) in [6.45, 7) is 5.59. The van der Waals surface area contributed by atoms with Crippen molar-refractivity contribution in [2.45, 2.75) is 65.2 Å². The number of carbonyl (C=O) groups excluding carboxylic acids is 2. The van der Waals surface area contributed by atoms with Crippen LogP contribution in [0.25, 0.3) is 0 Å². The number of hydrogen-bond acceptors (Lipinski definition) is 2. The van der Waals surface area contributed by atoms with Gasteiger partial charge in [-0.25, -0.2) is 9.59 Å². The Labute approximate surface area is 167 Å². The summed E-state index contributed by atoms with van der Waals surface area (Å²) in [5.74, 6) is 0. The summed E-state index contributed by atoms with van der Waals surface area (Å²) < 4.78 is 0. The van der Waals surface area contributed by atoms with E-state index in [1.54, 1.807) is 18.2 Å². The molecule has 7 heteroatoms. The summed E-state index contributed by atoms with van der Waals surface area (Å²) in [7, 11) is 0. The molecule has 0 fully saturated rings. The quantitative estimate of drug-likeness (QED) is 0.339. The van der Waals surface area contributed by atoms with Crippen LogP contribution in [0.3, 0.4) is 0 Å². The second-order valence-corrected chi connectivity index (χ2v) is 6.98. The van der Waals surface area contributed by atoms with Gasteiger partial charge in [0.2, 0.25) is 0 Å². The van der Waals surface area contributed by atoms with Gasteiger partial charge in [-0.1, -0.05) is 64.0 Å². The second-order valence-electron chi connectivity index (χ2n) is 6.58. The molecule has 0 saturated carbocycles. The molecule has 0 spiro atoms. The number of anilines is 2. The van der Waals surface area contributed by atoms with E-state index >= 15 is 0 Å². The predicted octanol–water partition coefficient (Wildman–Crippen LogP) is 5.74. The highest BCUT2D eigenvalue weighted by Crippen LogP contribution is 2.25. The minimum Gasteiger partial charge on any atom is -0.338 e. The Hall–Kier alpha value is -1.95. The standard InChI is InChI=1S/C20H33ClN4O2/c1-3-5-7-9-13-22-19(26)24-16-11-12-18(17(21)15-16)25-20(27)23-14-10-8-6-4-2/h11-12,15H,3-10,13-14H2,1-2H3,(H2,22,24,26)(H2,23,25,27). The number of rotatable bonds is 12. The first kappa shape index (κ1) is 23.1. The number of unbranched alkanes of at least 4 members (excludes halogenated alkanes) is 6. The Morgan fingerprint density at radius 1 is 0.815 bits per heavy atom. The van der Waals surface area contributed by atoms with Crippen molar-refractivity contribution >= 4 is 35.0 Å². The van der Waals surface area contributed by atoms with Crippen molar-refractivity contribution in [2.75, 3.05) is 23.7 Å². The van der Waals surface area contributed by atoms with Crippen LogP contribution in [0.4, 0.5) is 21.0 Å². The smallest absolute Gasteiger partial charge is 0.319 e. The van der Waals surface area contributed by atoms with Gasteiger partial charge in [-0.3, -0.25) is 0 Å². The zero-order valence-corrected chi connectivity index (χ0v) is 17.3. The van der Waals surface area contributed by atoms with Gasteiger partial charge >= 0.3 is 12.1 Å². The Morgan fingerprint density at radius 2 is 1.37 bits per heavy atom. The van der Waals surface area contributed by atoms with Crippen LogP contribution in [-0.2, 0) is 0 Å². The SMILES string of the molecule is CCCCCCNC(=O)Nc1ccc(NC(=O)NCCCCCC)c(Cl)c1. The van der Waals surface area contributed by atoms with E-state index in [1.807, 2.05) is 0 Å². The van der Waals surface area contributed by atoms with Crippen molar-refractivity contribution in [3.8, 4) is 0 Å². The molecule has 0 aliphatic carbocycles. The van der Waals surface area contributed by atoms with Gasteiger partial charge in [0.15, 0.2) is 0 Å². The lowest BCUT2D eigenvalue weighted by Gasteiger charge is -2.11. The molecule has 6 nitrogen and oxygen atoms in total. The molecule has 0 bridgehead atoms. The van der Waals surface area contributed by atoms with Crippen molar-refractivity contribution in [2.24, 2.45) is 0 Å². The van der Waals surface area contributed by atoms with Crippen LogP contribution in [0.5, 0.6) is 0 Å². The fourth-order valence-electron chi connectivity index (χ4n) is 2.54. The third-order valence-corrected chi connectivity index (χ3v) is 4.42. The summed E-state index contributed by atoms with van der Waals surface area (Å²) in [6, 6.07) is 4.47. The minimum absolute atomic E-state index is 0.256. The third-order valence-electron chi connectivity index (χ3n) is 4.11. The number of nitrogens with one attached hydrogen (secondary N) is 4. The molecule has 27 heavy (non-hydrogen) atoms. The average Bonchev–Trinajstić information content (AvgIpc) is 2.63. The molecular weight excluding hydrogens is 364 g/mol. The lowest BCUT2D eigenvalue weighted by atomic mass is 10.2. The highest BCUT2D eigenvalue weighted by molar-refractivity contribution is 6.34. The maximum Gasteiger partial charge on any atom is 0.319 e. The molecule has 4 N–H and O–H groups in total. The van der Waals surface area contributed by atoms with Crippen molar-refractivity contribution in [3.63, 3.8) is 0 Å². The highest BCUT2D eigenvalue weighted by atomic mass is 35.5. The zero-order valence-electron chi connectivity index (χ0n) is 16.5. The van der Waals surface area contributed by atoms with Gasteiger partial charge in [0.05, 0.1) is 10.7 Å². The van der Waals surface area contributed by atoms with Crippen LogP contribution in [0.1, 0.15) is 65.2 Å². The number of carbonyl (C=O) groups is 2. The van der Waals surface area contributed by atoms with Crippen LogP contribution >= 0.6 is 11.6 Å². The minimum atomic E-state index is -0.279. The summed E-state index contributed by atoms with van der Waals surface area (Å²) in [4.78, 5) is 23.8. The van der Waals surface area contributed by atoms with Crippen LogP contribution in [-0.4, -0.2) is 25.2 Å². The Bertz CT molecular complexity index is 581. The monoisotopic (exact) mass is 396 g/mol. The fraction of sp³-hybridized carbons (Fsp3) is 0.600. The number of urea groups is 2. The van der Waals surface area contributed by atoms with E-state index in [0.29, 0.717) is 29.5 Å². The number of benzene rings is 1. The maximum atomic E-state index is 11.9. The van der Waals surface area contributed by atoms with Crippen LogP contribution in [0, 0.1) is 0 Å². The first-order chi connectivity index (χ1) is 13.1. The number of halogens is 1. The summed E-state index contributed by atoms with van der Waals surface area (Å²) in [5.41, 5.74) is 1.09. The molecule has 0 atom stereocenters. The van der Waals surface area contributed by atoms with Crippen molar-refractivity contribution in [3.05, 3.63) is 23.2 Å². The van der Waals surface area contributed by atoms with Crippen molar-refractivity contribution < 1.29 is 9.59 Å². The van der Waals surface area contributed by atoms with E-state index in [0.717, 1.165) is 25.7 Å². The van der Waals surface area contributed by atoms with Crippen LogP contribution in [0.15, 0.2) is 18.2 Å². The molecule has 0 radical (unpaired) electrons. The Kier molecular flexibility index (Phi) is 12.1. The van der Waals surface area contributed by atoms with Gasteiger partial charge in [0, 0.05) is 18.8 Å². The number of amides is 4. The molecule has 1 rings (SSSR count). The van der Waals surface area contributed by atoms with Gasteiger partial charge in [0.25, 0.3) is 0 Å². The largest absolute Gasteiger partial charge is 0.338 e. The molecule has 0 unspecified atom stereocenters. The molecule has 4 amide bonds. The van der Waals surface area contributed by atoms with E-state index in [2.05, 4.69) is 35.1 Å². The molecule has 0 aromatic heterocycles. The molecule has 0 saturated heterocycles. The summed E-state index contributed by atoms with van der Waals surface area (Å²) >= 11 is 6.21. The Morgan fingerprint density at radius 3 is 1.89 bits per heavy atom. The van der Waals surface area contributed by atoms with Gasteiger partial charge < -0.3 is 21.3 Å². The normalized spacial score (nSPS) is 10.3. The summed E-state index contributed by atoms with van der Waals surface area (Å²) in [6.07, 6.45) is 8.85. The predicted molar refractivity (Wildman–Crippen MR) is 114 cm³/mol. The average molecular weight is 397 g/mol.